The number of benzene rings is 5. The van der Waals surface area contributed by atoms with E-state index >= 15 is 0 Å². The average molecular weight is 609 g/mol. The number of hydrogen-bond acceptors (Lipinski definition) is 4. The summed E-state index contributed by atoms with van der Waals surface area (Å²) in [6.45, 7) is 4.54. The Bertz CT molecular complexity index is 2740. The Morgan fingerprint density at radius 3 is 2.36 bits per heavy atom. The second-order valence-corrected chi connectivity index (χ2v) is 12.7. The fourth-order valence-corrected chi connectivity index (χ4v) is 7.48. The van der Waals surface area contributed by atoms with E-state index in [9.17, 15) is 0 Å². The molecule has 0 N–H and O–H groups in total. The minimum atomic E-state index is -0.211. The molecule has 47 heavy (non-hydrogen) atoms. The van der Waals surface area contributed by atoms with Crippen LogP contribution in [-0.2, 0) is 5.41 Å². The van der Waals surface area contributed by atoms with Gasteiger partial charge in [0, 0.05) is 68.8 Å². The SMILES string of the molecule is CC1(C)c2ccccc2Oc2cc3c(cc21)c1cccnc1n3-c1cccc(Oc2ccc3c4ccccc4n4ccnc4c3c2)c1. The molecule has 0 radical (unpaired) electrons. The molecule has 1 aliphatic heterocycles. The van der Waals surface area contributed by atoms with Gasteiger partial charge in [0.2, 0.25) is 0 Å². The number of aromatic nitrogens is 4. The number of imidazole rings is 1. The highest BCUT2D eigenvalue weighted by molar-refractivity contribution is 6.12. The lowest BCUT2D eigenvalue weighted by molar-refractivity contribution is 0.419. The summed E-state index contributed by atoms with van der Waals surface area (Å²) in [5, 5.41) is 5.60. The molecule has 0 aliphatic carbocycles. The maximum Gasteiger partial charge on any atom is 0.145 e. The minimum absolute atomic E-state index is 0.211. The van der Waals surface area contributed by atoms with Gasteiger partial charge in [-0.1, -0.05) is 56.3 Å². The van der Waals surface area contributed by atoms with E-state index in [0.717, 1.165) is 72.6 Å². The fraction of sp³-hybridized carbons (Fsp3) is 0.0732. The van der Waals surface area contributed by atoms with Gasteiger partial charge in [-0.25, -0.2) is 9.97 Å². The normalized spacial score (nSPS) is 13.7. The van der Waals surface area contributed by atoms with Crippen LogP contribution in [0.3, 0.4) is 0 Å². The molecular formula is C41H28N4O2. The molecule has 9 aromatic rings. The largest absolute Gasteiger partial charge is 0.457 e. The number of rotatable bonds is 3. The molecule has 0 amide bonds. The van der Waals surface area contributed by atoms with Crippen molar-refractivity contribution in [3.8, 4) is 28.7 Å². The van der Waals surface area contributed by atoms with Crippen molar-refractivity contribution in [2.45, 2.75) is 19.3 Å². The molecule has 0 bridgehead atoms. The van der Waals surface area contributed by atoms with Gasteiger partial charge in [-0.15, -0.1) is 0 Å². The van der Waals surface area contributed by atoms with Gasteiger partial charge < -0.3 is 9.47 Å². The van der Waals surface area contributed by atoms with Crippen LogP contribution in [0, 0.1) is 0 Å². The molecule has 0 spiro atoms. The molecule has 1 aliphatic rings. The Labute approximate surface area is 270 Å². The first-order valence-corrected chi connectivity index (χ1v) is 15.8. The average Bonchev–Trinajstić information content (AvgIpc) is 3.72. The summed E-state index contributed by atoms with van der Waals surface area (Å²) in [6, 6.07) is 39.8. The Morgan fingerprint density at radius 1 is 0.574 bits per heavy atom. The predicted octanol–water partition coefficient (Wildman–Crippen LogP) is 10.4. The van der Waals surface area contributed by atoms with E-state index < -0.39 is 0 Å². The number of hydrogen-bond donors (Lipinski definition) is 0. The third kappa shape index (κ3) is 3.72. The monoisotopic (exact) mass is 608 g/mol. The Balaban J connectivity index is 1.11. The number of ether oxygens (including phenoxy) is 2. The predicted molar refractivity (Wildman–Crippen MR) is 187 cm³/mol. The summed E-state index contributed by atoms with van der Waals surface area (Å²) in [5.74, 6) is 3.25. The molecular weight excluding hydrogens is 580 g/mol. The maximum absolute atomic E-state index is 6.55. The van der Waals surface area contributed by atoms with Crippen molar-refractivity contribution in [2.24, 2.45) is 0 Å². The second-order valence-electron chi connectivity index (χ2n) is 12.7. The maximum atomic E-state index is 6.55. The van der Waals surface area contributed by atoms with Gasteiger partial charge in [0.15, 0.2) is 0 Å². The van der Waals surface area contributed by atoms with Crippen LogP contribution in [0.15, 0.2) is 134 Å². The lowest BCUT2D eigenvalue weighted by atomic mass is 9.75. The molecule has 0 saturated carbocycles. The van der Waals surface area contributed by atoms with Crippen molar-refractivity contribution >= 4 is 49.3 Å². The zero-order chi connectivity index (χ0) is 31.3. The van der Waals surface area contributed by atoms with Gasteiger partial charge in [-0.3, -0.25) is 8.97 Å². The number of fused-ring (bicyclic) bond motifs is 11. The molecule has 6 nitrogen and oxygen atoms in total. The summed E-state index contributed by atoms with van der Waals surface area (Å²) in [5.41, 5.74) is 7.06. The first kappa shape index (κ1) is 26.1. The highest BCUT2D eigenvalue weighted by atomic mass is 16.5. The van der Waals surface area contributed by atoms with E-state index in [0.29, 0.717) is 0 Å². The summed E-state index contributed by atoms with van der Waals surface area (Å²) >= 11 is 0. The first-order valence-electron chi connectivity index (χ1n) is 15.8. The van der Waals surface area contributed by atoms with E-state index in [1.54, 1.807) is 0 Å². The lowest BCUT2D eigenvalue weighted by Crippen LogP contribution is -2.24. The van der Waals surface area contributed by atoms with Crippen LogP contribution in [0.4, 0.5) is 0 Å². The van der Waals surface area contributed by atoms with E-state index in [1.807, 2.05) is 48.9 Å². The van der Waals surface area contributed by atoms with Gasteiger partial charge in [-0.2, -0.15) is 0 Å². The molecule has 0 fully saturated rings. The quantitative estimate of drug-likeness (QED) is 0.187. The Morgan fingerprint density at radius 2 is 1.40 bits per heavy atom. The minimum Gasteiger partial charge on any atom is -0.457 e. The zero-order valence-corrected chi connectivity index (χ0v) is 25.8. The van der Waals surface area contributed by atoms with Crippen molar-refractivity contribution in [2.75, 3.05) is 0 Å². The number of para-hydroxylation sites is 2. The van der Waals surface area contributed by atoms with E-state index in [1.165, 1.54) is 16.5 Å². The van der Waals surface area contributed by atoms with Crippen molar-refractivity contribution < 1.29 is 9.47 Å². The number of pyridine rings is 2. The van der Waals surface area contributed by atoms with Crippen molar-refractivity contribution in [1.29, 1.82) is 0 Å². The van der Waals surface area contributed by atoms with Gasteiger partial charge in [0.1, 0.15) is 34.3 Å². The smallest absolute Gasteiger partial charge is 0.145 e. The lowest BCUT2D eigenvalue weighted by Gasteiger charge is -2.34. The van der Waals surface area contributed by atoms with Crippen LogP contribution in [0.25, 0.3) is 54.9 Å². The summed E-state index contributed by atoms with van der Waals surface area (Å²) < 4.78 is 17.4. The standard InChI is InChI=1S/C41H28N4O2/c1-41(2)33-13-4-6-15-37(33)47-38-24-36-31(23-34(38)41)30-12-8-18-42-40(30)45(36)25-9-7-10-26(21-25)46-27-16-17-28-29-11-3-5-14-35(29)44-20-19-43-39(44)32(28)22-27/h3-24H,1-2H3. The van der Waals surface area contributed by atoms with Crippen LogP contribution < -0.4 is 9.47 Å². The highest BCUT2D eigenvalue weighted by Crippen LogP contribution is 2.50. The molecule has 5 aromatic carbocycles. The van der Waals surface area contributed by atoms with Crippen molar-refractivity contribution in [3.63, 3.8) is 0 Å². The topological polar surface area (TPSA) is 53.6 Å². The van der Waals surface area contributed by atoms with Crippen LogP contribution in [0.5, 0.6) is 23.0 Å². The Kier molecular flexibility index (Phi) is 5.24. The van der Waals surface area contributed by atoms with Crippen LogP contribution >= 0.6 is 0 Å². The molecule has 224 valence electrons. The third-order valence-corrected chi connectivity index (χ3v) is 9.72. The van der Waals surface area contributed by atoms with Gasteiger partial charge in [0.05, 0.1) is 16.7 Å². The molecule has 4 aromatic heterocycles. The summed E-state index contributed by atoms with van der Waals surface area (Å²) in [6.07, 6.45) is 5.71. The Hall–Kier alpha value is -6.14. The van der Waals surface area contributed by atoms with E-state index in [2.05, 4.69) is 113 Å². The highest BCUT2D eigenvalue weighted by Gasteiger charge is 2.35. The fourth-order valence-electron chi connectivity index (χ4n) is 7.48. The summed E-state index contributed by atoms with van der Waals surface area (Å²) in [4.78, 5) is 9.56. The molecule has 0 atom stereocenters. The van der Waals surface area contributed by atoms with Gasteiger partial charge >= 0.3 is 0 Å². The molecule has 0 unspecified atom stereocenters. The first-order chi connectivity index (χ1) is 23.0. The molecule has 10 rings (SSSR count). The van der Waals surface area contributed by atoms with Gasteiger partial charge in [0.25, 0.3) is 0 Å². The van der Waals surface area contributed by atoms with E-state index in [-0.39, 0.29) is 5.41 Å². The zero-order valence-electron chi connectivity index (χ0n) is 25.8. The molecule has 5 heterocycles. The summed E-state index contributed by atoms with van der Waals surface area (Å²) in [7, 11) is 0. The number of nitrogens with zero attached hydrogens (tertiary/aromatic N) is 4. The molecule has 0 saturated heterocycles. The van der Waals surface area contributed by atoms with Gasteiger partial charge in [-0.05, 0) is 66.0 Å². The molecule has 6 heteroatoms. The van der Waals surface area contributed by atoms with Crippen molar-refractivity contribution in [3.05, 3.63) is 145 Å². The second kappa shape index (κ2) is 9.44. The van der Waals surface area contributed by atoms with Crippen LogP contribution in [-0.4, -0.2) is 18.9 Å². The van der Waals surface area contributed by atoms with Crippen LogP contribution in [0.1, 0.15) is 25.0 Å². The van der Waals surface area contributed by atoms with E-state index in [4.69, 9.17) is 14.5 Å². The van der Waals surface area contributed by atoms with Crippen molar-refractivity contribution in [1.82, 2.24) is 18.9 Å². The van der Waals surface area contributed by atoms with Crippen LogP contribution in [0.2, 0.25) is 0 Å². The third-order valence-electron chi connectivity index (χ3n) is 9.72.